The van der Waals surface area contributed by atoms with Gasteiger partial charge in [0.25, 0.3) is 0 Å². The van der Waals surface area contributed by atoms with E-state index < -0.39 is 11.6 Å². The highest BCUT2D eigenvalue weighted by atomic mass is 19.1. The van der Waals surface area contributed by atoms with Gasteiger partial charge in [0.05, 0.1) is 18.6 Å². The summed E-state index contributed by atoms with van der Waals surface area (Å²) < 4.78 is 21.3. The minimum Gasteiger partial charge on any atom is -0.444 e. The number of anilines is 1. The van der Waals surface area contributed by atoms with Crippen molar-refractivity contribution < 1.29 is 13.9 Å². The van der Waals surface area contributed by atoms with Gasteiger partial charge < -0.3 is 14.5 Å². The Hall–Kier alpha value is -2.82. The second-order valence-electron chi connectivity index (χ2n) is 8.69. The number of para-hydroxylation sites is 1. The van der Waals surface area contributed by atoms with Crippen LogP contribution in [0.25, 0.3) is 5.57 Å². The van der Waals surface area contributed by atoms with Crippen LogP contribution >= 0.6 is 0 Å². The zero-order chi connectivity index (χ0) is 20.6. The Kier molecular flexibility index (Phi) is 5.07. The second-order valence-corrected chi connectivity index (χ2v) is 8.69. The van der Waals surface area contributed by atoms with Crippen molar-refractivity contribution in [1.82, 2.24) is 4.90 Å². The van der Waals surface area contributed by atoms with Crippen LogP contribution in [0.15, 0.2) is 66.5 Å². The lowest BCUT2D eigenvalue weighted by Gasteiger charge is -2.50. The van der Waals surface area contributed by atoms with Crippen LogP contribution in [0.2, 0.25) is 0 Å². The average Bonchev–Trinajstić information content (AvgIpc) is 2.70. The van der Waals surface area contributed by atoms with Crippen molar-refractivity contribution in [3.05, 3.63) is 72.1 Å². The molecule has 2 aromatic rings. The number of fused-ring (bicyclic) bond motifs is 2. The Morgan fingerprint density at radius 1 is 1.00 bits per heavy atom. The first-order valence-corrected chi connectivity index (χ1v) is 10.1. The molecule has 1 amide bonds. The van der Waals surface area contributed by atoms with Crippen molar-refractivity contribution in [3.63, 3.8) is 0 Å². The lowest BCUT2D eigenvalue weighted by atomic mass is 9.86. The van der Waals surface area contributed by atoms with Crippen molar-refractivity contribution in [2.45, 2.75) is 44.9 Å². The molecule has 0 saturated carbocycles. The summed E-state index contributed by atoms with van der Waals surface area (Å²) in [6, 6.07) is 19.1. The SMILES string of the molecule is CC(C)(C)OC(=O)N1C[C@H]2CC(c3ccccc3)=C(F)[C@H](C1)N2c1ccccc1. The van der Waals surface area contributed by atoms with Crippen LogP contribution in [0.4, 0.5) is 14.9 Å². The summed E-state index contributed by atoms with van der Waals surface area (Å²) in [4.78, 5) is 16.5. The van der Waals surface area contributed by atoms with Crippen LogP contribution < -0.4 is 4.90 Å². The van der Waals surface area contributed by atoms with Crippen LogP contribution in [0.3, 0.4) is 0 Å². The molecule has 2 aromatic carbocycles. The number of benzene rings is 2. The fraction of sp³-hybridized carbons (Fsp3) is 0.375. The minimum absolute atomic E-state index is 0.0154. The Morgan fingerprint density at radius 3 is 2.24 bits per heavy atom. The van der Waals surface area contributed by atoms with Gasteiger partial charge in [-0.15, -0.1) is 0 Å². The summed E-state index contributed by atoms with van der Waals surface area (Å²) in [6.07, 6.45) is 0.164. The van der Waals surface area contributed by atoms with E-state index in [1.165, 1.54) is 0 Å². The van der Waals surface area contributed by atoms with E-state index in [-0.39, 0.29) is 24.5 Å². The molecule has 0 unspecified atom stereocenters. The topological polar surface area (TPSA) is 32.8 Å². The molecule has 5 heteroatoms. The van der Waals surface area contributed by atoms with Gasteiger partial charge in [-0.05, 0) is 50.5 Å². The molecule has 0 radical (unpaired) electrons. The number of carbonyl (C=O) groups excluding carboxylic acids is 1. The third-order valence-corrected chi connectivity index (χ3v) is 5.40. The van der Waals surface area contributed by atoms with Crippen molar-refractivity contribution in [3.8, 4) is 0 Å². The molecule has 2 aliphatic heterocycles. The number of hydrogen-bond acceptors (Lipinski definition) is 3. The number of piperazine rings is 1. The summed E-state index contributed by atoms with van der Waals surface area (Å²) in [7, 11) is 0. The largest absolute Gasteiger partial charge is 0.444 e. The maximum absolute atomic E-state index is 15.8. The molecule has 0 aliphatic carbocycles. The molecule has 2 heterocycles. The maximum Gasteiger partial charge on any atom is 0.410 e. The number of halogens is 1. The first kappa shape index (κ1) is 19.5. The van der Waals surface area contributed by atoms with Gasteiger partial charge >= 0.3 is 6.09 Å². The summed E-state index contributed by atoms with van der Waals surface area (Å²) >= 11 is 0. The maximum atomic E-state index is 15.8. The van der Waals surface area contributed by atoms with Gasteiger partial charge in [-0.3, -0.25) is 0 Å². The minimum atomic E-state index is -0.577. The van der Waals surface area contributed by atoms with Gasteiger partial charge in [0.15, 0.2) is 0 Å². The van der Waals surface area contributed by atoms with Crippen molar-refractivity contribution in [2.24, 2.45) is 0 Å². The van der Waals surface area contributed by atoms with Gasteiger partial charge in [-0.25, -0.2) is 9.18 Å². The zero-order valence-corrected chi connectivity index (χ0v) is 17.1. The molecule has 2 atom stereocenters. The highest BCUT2D eigenvalue weighted by Crippen LogP contribution is 2.41. The van der Waals surface area contributed by atoms with Crippen molar-refractivity contribution in [2.75, 3.05) is 18.0 Å². The smallest absolute Gasteiger partial charge is 0.410 e. The molecule has 2 aliphatic rings. The zero-order valence-electron chi connectivity index (χ0n) is 17.1. The van der Waals surface area contributed by atoms with Crippen molar-refractivity contribution in [1.29, 1.82) is 0 Å². The standard InChI is InChI=1S/C24H27FN2O2/c1-24(2,3)29-23(28)26-15-19-14-20(17-10-6-4-7-11-17)22(25)21(16-26)27(19)18-12-8-5-9-13-18/h4-13,19,21H,14-16H2,1-3H3/t19-,21+/m1/s1. The summed E-state index contributed by atoms with van der Waals surface area (Å²) in [5.74, 6) is -0.162. The van der Waals surface area contributed by atoms with E-state index in [2.05, 4.69) is 4.90 Å². The highest BCUT2D eigenvalue weighted by molar-refractivity contribution is 5.75. The van der Waals surface area contributed by atoms with Gasteiger partial charge in [-0.2, -0.15) is 0 Å². The Balaban J connectivity index is 1.70. The molecular weight excluding hydrogens is 367 g/mol. The Morgan fingerprint density at radius 2 is 1.62 bits per heavy atom. The Labute approximate surface area is 171 Å². The van der Waals surface area contributed by atoms with Gasteiger partial charge in [0, 0.05) is 12.2 Å². The van der Waals surface area contributed by atoms with Crippen LogP contribution in [0.1, 0.15) is 32.8 Å². The van der Waals surface area contributed by atoms with Crippen LogP contribution in [-0.2, 0) is 4.74 Å². The molecule has 0 N–H and O–H groups in total. The van der Waals surface area contributed by atoms with E-state index >= 15 is 4.39 Å². The molecule has 2 bridgehead atoms. The molecule has 4 rings (SSSR count). The predicted octanol–water partition coefficient (Wildman–Crippen LogP) is 5.27. The van der Waals surface area contributed by atoms with Crippen LogP contribution in [-0.4, -0.2) is 41.8 Å². The molecule has 0 spiro atoms. The van der Waals surface area contributed by atoms with E-state index in [0.29, 0.717) is 13.0 Å². The second kappa shape index (κ2) is 7.54. The normalized spacial score (nSPS) is 21.9. The first-order valence-electron chi connectivity index (χ1n) is 10.1. The number of hydrogen-bond donors (Lipinski definition) is 0. The third-order valence-electron chi connectivity index (χ3n) is 5.40. The highest BCUT2D eigenvalue weighted by Gasteiger charge is 2.44. The van der Waals surface area contributed by atoms with E-state index in [1.807, 2.05) is 81.4 Å². The Bertz CT molecular complexity index is 905. The molecule has 0 aromatic heterocycles. The van der Waals surface area contributed by atoms with Gasteiger partial charge in [0.2, 0.25) is 0 Å². The average molecular weight is 394 g/mol. The summed E-state index contributed by atoms with van der Waals surface area (Å²) in [6.45, 7) is 6.31. The van der Waals surface area contributed by atoms with Crippen LogP contribution in [0, 0.1) is 0 Å². The fourth-order valence-corrected chi connectivity index (χ4v) is 4.23. The molecule has 152 valence electrons. The third kappa shape index (κ3) is 4.00. The lowest BCUT2D eigenvalue weighted by molar-refractivity contribution is 0.0183. The van der Waals surface area contributed by atoms with Gasteiger partial charge in [0.1, 0.15) is 11.4 Å². The molecule has 1 saturated heterocycles. The number of carbonyl (C=O) groups is 1. The molecule has 1 fully saturated rings. The summed E-state index contributed by atoms with van der Waals surface area (Å²) in [5, 5.41) is 0. The van der Waals surface area contributed by atoms with Crippen LogP contribution in [0.5, 0.6) is 0 Å². The quantitative estimate of drug-likeness (QED) is 0.696. The van der Waals surface area contributed by atoms with E-state index in [9.17, 15) is 4.79 Å². The van der Waals surface area contributed by atoms with E-state index in [1.54, 1.807) is 4.90 Å². The fourth-order valence-electron chi connectivity index (χ4n) is 4.23. The number of ether oxygens (including phenoxy) is 1. The summed E-state index contributed by atoms with van der Waals surface area (Å²) in [5.41, 5.74) is 2.07. The number of rotatable bonds is 2. The molecular formula is C24H27FN2O2. The number of amides is 1. The van der Waals surface area contributed by atoms with E-state index in [0.717, 1.165) is 16.8 Å². The first-order chi connectivity index (χ1) is 13.8. The van der Waals surface area contributed by atoms with E-state index in [4.69, 9.17) is 4.74 Å². The molecule has 29 heavy (non-hydrogen) atoms. The number of nitrogens with zero attached hydrogens (tertiary/aromatic N) is 2. The monoisotopic (exact) mass is 394 g/mol. The van der Waals surface area contributed by atoms with Crippen molar-refractivity contribution >= 4 is 17.4 Å². The van der Waals surface area contributed by atoms with Gasteiger partial charge in [-0.1, -0.05) is 48.5 Å². The lowest BCUT2D eigenvalue weighted by Crippen LogP contribution is -2.62. The predicted molar refractivity (Wildman–Crippen MR) is 113 cm³/mol. The molecule has 4 nitrogen and oxygen atoms in total.